The van der Waals surface area contributed by atoms with Gasteiger partial charge in [-0.05, 0) is 37.8 Å². The van der Waals surface area contributed by atoms with E-state index in [2.05, 4.69) is 22.0 Å². The van der Waals surface area contributed by atoms with Gasteiger partial charge in [0.05, 0.1) is 0 Å². The zero-order valence-corrected chi connectivity index (χ0v) is 11.4. The van der Waals surface area contributed by atoms with E-state index in [1.54, 1.807) is 0 Å². The van der Waals surface area contributed by atoms with E-state index in [-0.39, 0.29) is 0 Å². The molecule has 0 atom stereocenters. The van der Waals surface area contributed by atoms with E-state index >= 15 is 0 Å². The zero-order chi connectivity index (χ0) is 12.3. The molecule has 0 N–H and O–H groups in total. The largest absolute Gasteiger partial charge is 0.355 e. The first-order valence-electron chi connectivity index (χ1n) is 6.44. The topological polar surface area (TPSA) is 29.0 Å². The molecule has 1 aliphatic rings. The average Bonchev–Trinajstić information content (AvgIpc) is 2.27. The Kier molecular flexibility index (Phi) is 4.21. The van der Waals surface area contributed by atoms with Crippen molar-refractivity contribution in [3.63, 3.8) is 0 Å². The summed E-state index contributed by atoms with van der Waals surface area (Å²) in [6, 6.07) is 0. The molecular weight excluding hydrogens is 234 g/mol. The van der Waals surface area contributed by atoms with E-state index in [9.17, 15) is 0 Å². The molecule has 0 unspecified atom stereocenters. The van der Waals surface area contributed by atoms with E-state index in [0.29, 0.717) is 5.15 Å². The predicted octanol–water partition coefficient (Wildman–Crippen LogP) is 3.52. The maximum Gasteiger partial charge on any atom is 0.155 e. The second-order valence-electron chi connectivity index (χ2n) is 4.82. The van der Waals surface area contributed by atoms with Gasteiger partial charge in [0.1, 0.15) is 0 Å². The van der Waals surface area contributed by atoms with Crippen LogP contribution < -0.4 is 4.90 Å². The third-order valence-electron chi connectivity index (χ3n) is 3.60. The highest BCUT2D eigenvalue weighted by Crippen LogP contribution is 2.25. The van der Waals surface area contributed by atoms with Crippen LogP contribution in [0, 0.1) is 13.8 Å². The van der Waals surface area contributed by atoms with Crippen molar-refractivity contribution in [2.24, 2.45) is 0 Å². The van der Waals surface area contributed by atoms with Crippen molar-refractivity contribution in [1.29, 1.82) is 0 Å². The monoisotopic (exact) mass is 253 g/mol. The minimum atomic E-state index is 0.526. The number of hydrogen-bond acceptors (Lipinski definition) is 3. The first-order chi connectivity index (χ1) is 8.20. The second-order valence-corrected chi connectivity index (χ2v) is 5.18. The molecule has 2 heterocycles. The van der Waals surface area contributed by atoms with Gasteiger partial charge in [0, 0.05) is 13.1 Å². The Hall–Kier alpha value is -0.830. The lowest BCUT2D eigenvalue weighted by Gasteiger charge is -2.27. The lowest BCUT2D eigenvalue weighted by molar-refractivity contribution is 0.551. The Bertz CT molecular complexity index is 384. The van der Waals surface area contributed by atoms with Gasteiger partial charge in [0.15, 0.2) is 11.0 Å². The summed E-state index contributed by atoms with van der Waals surface area (Å²) in [5.41, 5.74) is 2.23. The molecule has 4 heteroatoms. The Labute approximate surface area is 108 Å². The minimum Gasteiger partial charge on any atom is -0.355 e. The van der Waals surface area contributed by atoms with E-state index in [4.69, 9.17) is 11.6 Å². The van der Waals surface area contributed by atoms with Gasteiger partial charge in [0.25, 0.3) is 0 Å². The molecule has 0 aromatic carbocycles. The van der Waals surface area contributed by atoms with Crippen molar-refractivity contribution in [3.8, 4) is 0 Å². The van der Waals surface area contributed by atoms with Crippen molar-refractivity contribution in [1.82, 2.24) is 10.2 Å². The van der Waals surface area contributed by atoms with Crippen molar-refractivity contribution in [2.75, 3.05) is 18.0 Å². The van der Waals surface area contributed by atoms with Gasteiger partial charge < -0.3 is 4.90 Å². The van der Waals surface area contributed by atoms with Crippen LogP contribution in [0.15, 0.2) is 0 Å². The predicted molar refractivity (Wildman–Crippen MR) is 71.8 cm³/mol. The lowest BCUT2D eigenvalue weighted by atomic mass is 10.1. The molecule has 1 aromatic heterocycles. The van der Waals surface area contributed by atoms with Crippen LogP contribution in [0.2, 0.25) is 5.15 Å². The molecule has 3 nitrogen and oxygen atoms in total. The second kappa shape index (κ2) is 5.67. The molecule has 17 heavy (non-hydrogen) atoms. The van der Waals surface area contributed by atoms with Gasteiger partial charge in [-0.2, -0.15) is 0 Å². The normalized spacial score (nSPS) is 17.7. The Balaban J connectivity index is 2.22. The van der Waals surface area contributed by atoms with Gasteiger partial charge in [-0.1, -0.05) is 30.9 Å². The van der Waals surface area contributed by atoms with E-state index in [0.717, 1.165) is 24.5 Å². The van der Waals surface area contributed by atoms with Gasteiger partial charge in [-0.25, -0.2) is 0 Å². The molecule has 1 aromatic rings. The van der Waals surface area contributed by atoms with Crippen molar-refractivity contribution < 1.29 is 0 Å². The third kappa shape index (κ3) is 2.89. The summed E-state index contributed by atoms with van der Waals surface area (Å²) >= 11 is 5.99. The summed E-state index contributed by atoms with van der Waals surface area (Å²) in [7, 11) is 0. The van der Waals surface area contributed by atoms with Gasteiger partial charge >= 0.3 is 0 Å². The van der Waals surface area contributed by atoms with Gasteiger partial charge in [0.2, 0.25) is 0 Å². The van der Waals surface area contributed by atoms with Crippen LogP contribution in [-0.4, -0.2) is 23.3 Å². The van der Waals surface area contributed by atoms with Crippen LogP contribution in [0.3, 0.4) is 0 Å². The summed E-state index contributed by atoms with van der Waals surface area (Å²) in [6.07, 6.45) is 6.54. The fourth-order valence-corrected chi connectivity index (χ4v) is 2.50. The maximum atomic E-state index is 5.99. The summed E-state index contributed by atoms with van der Waals surface area (Å²) in [4.78, 5) is 2.37. The standard InChI is InChI=1S/C13H20ClN3/c1-10-11(2)13(16-15-12(10)14)17-8-6-4-3-5-7-9-17/h3-9H2,1-2H3. The Morgan fingerprint density at radius 1 is 0.882 bits per heavy atom. The summed E-state index contributed by atoms with van der Waals surface area (Å²) in [6.45, 7) is 6.29. The van der Waals surface area contributed by atoms with Crippen LogP contribution in [0.4, 0.5) is 5.82 Å². The smallest absolute Gasteiger partial charge is 0.155 e. The highest BCUT2D eigenvalue weighted by atomic mass is 35.5. The van der Waals surface area contributed by atoms with Crippen LogP contribution in [-0.2, 0) is 0 Å². The van der Waals surface area contributed by atoms with Gasteiger partial charge in [-0.15, -0.1) is 10.2 Å². The Morgan fingerprint density at radius 3 is 2.12 bits per heavy atom. The number of hydrogen-bond donors (Lipinski definition) is 0. The highest BCUT2D eigenvalue weighted by molar-refractivity contribution is 6.30. The molecule has 94 valence electrons. The Morgan fingerprint density at radius 2 is 1.47 bits per heavy atom. The molecule has 2 rings (SSSR count). The summed E-state index contributed by atoms with van der Waals surface area (Å²) < 4.78 is 0. The average molecular weight is 254 g/mol. The maximum absolute atomic E-state index is 5.99. The molecule has 0 aliphatic carbocycles. The van der Waals surface area contributed by atoms with Crippen molar-refractivity contribution >= 4 is 17.4 Å². The number of rotatable bonds is 1. The molecule has 0 amide bonds. The van der Waals surface area contributed by atoms with E-state index < -0.39 is 0 Å². The minimum absolute atomic E-state index is 0.526. The molecule has 1 fully saturated rings. The van der Waals surface area contributed by atoms with Crippen LogP contribution in [0.5, 0.6) is 0 Å². The highest BCUT2D eigenvalue weighted by Gasteiger charge is 2.15. The first kappa shape index (κ1) is 12.6. The van der Waals surface area contributed by atoms with Crippen LogP contribution >= 0.6 is 11.6 Å². The quantitative estimate of drug-likeness (QED) is 0.767. The number of anilines is 1. The van der Waals surface area contributed by atoms with Crippen molar-refractivity contribution in [2.45, 2.75) is 46.0 Å². The summed E-state index contributed by atoms with van der Waals surface area (Å²) in [5, 5.41) is 8.85. The lowest BCUT2D eigenvalue weighted by Crippen LogP contribution is -2.29. The molecular formula is C13H20ClN3. The first-order valence-corrected chi connectivity index (χ1v) is 6.82. The summed E-state index contributed by atoms with van der Waals surface area (Å²) in [5.74, 6) is 1.02. The van der Waals surface area contributed by atoms with Gasteiger partial charge in [-0.3, -0.25) is 0 Å². The van der Waals surface area contributed by atoms with E-state index in [1.165, 1.54) is 37.7 Å². The molecule has 0 spiro atoms. The molecule has 1 saturated heterocycles. The third-order valence-corrected chi connectivity index (χ3v) is 3.95. The van der Waals surface area contributed by atoms with E-state index in [1.807, 2.05) is 6.92 Å². The fourth-order valence-electron chi connectivity index (χ4n) is 2.32. The van der Waals surface area contributed by atoms with Crippen LogP contribution in [0.1, 0.15) is 43.2 Å². The molecule has 0 bridgehead atoms. The van der Waals surface area contributed by atoms with Crippen LogP contribution in [0.25, 0.3) is 0 Å². The molecule has 1 aliphatic heterocycles. The number of nitrogens with zero attached hydrogens (tertiary/aromatic N) is 3. The molecule has 0 radical (unpaired) electrons. The fraction of sp³-hybridized carbons (Fsp3) is 0.692. The number of aromatic nitrogens is 2. The zero-order valence-electron chi connectivity index (χ0n) is 10.7. The molecule has 0 saturated carbocycles. The van der Waals surface area contributed by atoms with Crippen molar-refractivity contribution in [3.05, 3.63) is 16.3 Å². The number of halogens is 1. The SMILES string of the molecule is Cc1c(Cl)nnc(N2CCCCCCC2)c1C.